The van der Waals surface area contributed by atoms with Gasteiger partial charge in [-0.1, -0.05) is 19.3 Å². The summed E-state index contributed by atoms with van der Waals surface area (Å²) in [6.45, 7) is 4.01. The van der Waals surface area contributed by atoms with Crippen LogP contribution in [0.15, 0.2) is 12.4 Å². The van der Waals surface area contributed by atoms with Gasteiger partial charge in [-0.3, -0.25) is 4.79 Å². The van der Waals surface area contributed by atoms with Crippen LogP contribution in [0.1, 0.15) is 44.3 Å². The number of nitrogens with zero attached hydrogens (tertiary/aromatic N) is 2. The Morgan fingerprint density at radius 1 is 1.36 bits per heavy atom. The Morgan fingerprint density at radius 3 is 2.59 bits per heavy atom. The van der Waals surface area contributed by atoms with Gasteiger partial charge in [0.2, 0.25) is 5.91 Å². The average Bonchev–Trinajstić information content (AvgIpc) is 2.85. The van der Waals surface area contributed by atoms with Gasteiger partial charge >= 0.3 is 0 Å². The number of amides is 1. The summed E-state index contributed by atoms with van der Waals surface area (Å²) in [5.41, 5.74) is 5.97. The third-order valence-electron chi connectivity index (χ3n) is 4.48. The van der Waals surface area contributed by atoms with E-state index in [2.05, 4.69) is 10.3 Å². The van der Waals surface area contributed by atoms with Crippen molar-refractivity contribution in [2.24, 2.45) is 11.1 Å². The van der Waals surface area contributed by atoms with Crippen LogP contribution >= 0.6 is 24.8 Å². The summed E-state index contributed by atoms with van der Waals surface area (Å²) in [7, 11) is 0. The van der Waals surface area contributed by atoms with Crippen molar-refractivity contribution in [3.63, 3.8) is 0 Å². The molecule has 1 aliphatic rings. The molecule has 1 amide bonds. The lowest BCUT2D eigenvalue weighted by molar-refractivity contribution is -0.123. The highest BCUT2D eigenvalue weighted by Gasteiger charge is 2.32. The van der Waals surface area contributed by atoms with Crippen LogP contribution < -0.4 is 11.1 Å². The minimum absolute atomic E-state index is 0. The molecular formula is C15H28Cl2N4O. The fourth-order valence-electron chi connectivity index (χ4n) is 3.11. The van der Waals surface area contributed by atoms with Crippen molar-refractivity contribution in [3.8, 4) is 0 Å². The number of carbonyl (C=O) groups excluding carboxylic acids is 1. The van der Waals surface area contributed by atoms with Gasteiger partial charge in [0.25, 0.3) is 0 Å². The second-order valence-corrected chi connectivity index (χ2v) is 5.96. The molecule has 1 aromatic heterocycles. The van der Waals surface area contributed by atoms with E-state index in [-0.39, 0.29) is 36.1 Å². The van der Waals surface area contributed by atoms with Gasteiger partial charge in [-0.05, 0) is 31.7 Å². The minimum Gasteiger partial charge on any atom is -0.354 e. The smallest absolute Gasteiger partial charge is 0.220 e. The zero-order chi connectivity index (χ0) is 14.4. The van der Waals surface area contributed by atoms with Crippen molar-refractivity contribution in [2.45, 2.75) is 52.0 Å². The summed E-state index contributed by atoms with van der Waals surface area (Å²) in [5.74, 6) is 1.11. The van der Waals surface area contributed by atoms with Gasteiger partial charge < -0.3 is 15.6 Å². The molecule has 0 saturated heterocycles. The van der Waals surface area contributed by atoms with Crippen LogP contribution in [0.5, 0.6) is 0 Å². The molecule has 1 aliphatic carbocycles. The summed E-state index contributed by atoms with van der Waals surface area (Å²) in [5, 5.41) is 3.01. The van der Waals surface area contributed by atoms with Crippen LogP contribution in [-0.4, -0.2) is 28.5 Å². The van der Waals surface area contributed by atoms with Gasteiger partial charge in [0.1, 0.15) is 5.82 Å². The maximum absolute atomic E-state index is 12.1. The van der Waals surface area contributed by atoms with E-state index in [0.717, 1.165) is 25.2 Å². The Balaban J connectivity index is 0.00000220. The number of rotatable bonds is 6. The zero-order valence-electron chi connectivity index (χ0n) is 13.2. The van der Waals surface area contributed by atoms with E-state index >= 15 is 0 Å². The van der Waals surface area contributed by atoms with Crippen LogP contribution in [0, 0.1) is 12.3 Å². The zero-order valence-corrected chi connectivity index (χ0v) is 14.8. The summed E-state index contributed by atoms with van der Waals surface area (Å²) in [6.07, 6.45) is 10.2. The number of hydrogen-bond acceptors (Lipinski definition) is 3. The summed E-state index contributed by atoms with van der Waals surface area (Å²) >= 11 is 0. The number of imidazole rings is 1. The van der Waals surface area contributed by atoms with Crippen LogP contribution in [0.4, 0.5) is 0 Å². The standard InChI is InChI=1S/C15H26N4O.2ClH/c1-13-17-7-9-19(13)10-8-18-14(20)11-15(12-16)5-3-2-4-6-15;;/h7,9H,2-6,8,10-12,16H2,1H3,(H,18,20);2*1H. The van der Waals surface area contributed by atoms with E-state index < -0.39 is 0 Å². The van der Waals surface area contributed by atoms with Gasteiger partial charge in [0.15, 0.2) is 0 Å². The van der Waals surface area contributed by atoms with Crippen LogP contribution in [0.3, 0.4) is 0 Å². The molecule has 0 aromatic carbocycles. The average molecular weight is 351 g/mol. The minimum atomic E-state index is 0. The molecule has 7 heteroatoms. The lowest BCUT2D eigenvalue weighted by Crippen LogP contribution is -2.39. The van der Waals surface area contributed by atoms with Gasteiger partial charge in [0.05, 0.1) is 0 Å². The number of aryl methyl sites for hydroxylation is 1. The second kappa shape index (κ2) is 10.1. The van der Waals surface area contributed by atoms with Crippen LogP contribution in [0.25, 0.3) is 0 Å². The summed E-state index contributed by atoms with van der Waals surface area (Å²) < 4.78 is 2.04. The molecule has 0 radical (unpaired) electrons. The summed E-state index contributed by atoms with van der Waals surface area (Å²) in [6, 6.07) is 0. The van der Waals surface area contributed by atoms with E-state index in [1.54, 1.807) is 6.20 Å². The molecule has 5 nitrogen and oxygen atoms in total. The van der Waals surface area contributed by atoms with Crippen molar-refractivity contribution in [2.75, 3.05) is 13.1 Å². The maximum Gasteiger partial charge on any atom is 0.220 e. The third-order valence-corrected chi connectivity index (χ3v) is 4.48. The number of nitrogens with two attached hydrogens (primary N) is 1. The molecule has 2 rings (SSSR count). The molecule has 1 heterocycles. The second-order valence-electron chi connectivity index (χ2n) is 5.96. The lowest BCUT2D eigenvalue weighted by Gasteiger charge is -2.35. The van der Waals surface area contributed by atoms with E-state index in [9.17, 15) is 4.79 Å². The number of aromatic nitrogens is 2. The Labute approximate surface area is 145 Å². The molecule has 0 bridgehead atoms. The molecule has 0 unspecified atom stereocenters. The SMILES string of the molecule is Cc1nccn1CCNC(=O)CC1(CN)CCCCC1.Cl.Cl. The van der Waals surface area contributed by atoms with Gasteiger partial charge in [0, 0.05) is 31.9 Å². The molecule has 1 fully saturated rings. The molecule has 0 aliphatic heterocycles. The number of halogens is 2. The highest BCUT2D eigenvalue weighted by Crippen LogP contribution is 2.38. The fraction of sp³-hybridized carbons (Fsp3) is 0.733. The van der Waals surface area contributed by atoms with Crippen LogP contribution in [0.2, 0.25) is 0 Å². The van der Waals surface area contributed by atoms with Crippen molar-refractivity contribution < 1.29 is 4.79 Å². The molecule has 1 saturated carbocycles. The first-order valence-electron chi connectivity index (χ1n) is 7.60. The Bertz CT molecular complexity index is 445. The number of carbonyl (C=O) groups is 1. The summed E-state index contributed by atoms with van der Waals surface area (Å²) in [4.78, 5) is 16.3. The third kappa shape index (κ3) is 5.78. The monoisotopic (exact) mass is 350 g/mol. The Hall–Kier alpha value is -0.780. The van der Waals surface area contributed by atoms with Gasteiger partial charge in [-0.2, -0.15) is 0 Å². The predicted molar refractivity (Wildman–Crippen MR) is 93.7 cm³/mol. The van der Waals surface area contributed by atoms with Crippen molar-refractivity contribution in [1.82, 2.24) is 14.9 Å². The normalized spacial score (nSPS) is 16.3. The van der Waals surface area contributed by atoms with E-state index in [4.69, 9.17) is 5.73 Å². The van der Waals surface area contributed by atoms with Gasteiger partial charge in [-0.15, -0.1) is 24.8 Å². The first-order chi connectivity index (χ1) is 9.65. The predicted octanol–water partition coefficient (Wildman–Crippen LogP) is 2.45. The van der Waals surface area contributed by atoms with Crippen molar-refractivity contribution in [1.29, 1.82) is 0 Å². The highest BCUT2D eigenvalue weighted by atomic mass is 35.5. The maximum atomic E-state index is 12.1. The van der Waals surface area contributed by atoms with E-state index in [1.165, 1.54) is 19.3 Å². The molecule has 22 heavy (non-hydrogen) atoms. The molecular weight excluding hydrogens is 323 g/mol. The Kier molecular flexibility index (Phi) is 9.72. The quantitative estimate of drug-likeness (QED) is 0.827. The first-order valence-corrected chi connectivity index (χ1v) is 7.60. The molecule has 3 N–H and O–H groups in total. The highest BCUT2D eigenvalue weighted by molar-refractivity contribution is 5.85. The fourth-order valence-corrected chi connectivity index (χ4v) is 3.11. The lowest BCUT2D eigenvalue weighted by atomic mass is 9.71. The van der Waals surface area contributed by atoms with Crippen molar-refractivity contribution in [3.05, 3.63) is 18.2 Å². The van der Waals surface area contributed by atoms with E-state index in [0.29, 0.717) is 19.5 Å². The Morgan fingerprint density at radius 2 is 2.05 bits per heavy atom. The van der Waals surface area contributed by atoms with E-state index in [1.807, 2.05) is 17.7 Å². The number of nitrogens with one attached hydrogen (secondary N) is 1. The largest absolute Gasteiger partial charge is 0.354 e. The topological polar surface area (TPSA) is 72.9 Å². The van der Waals surface area contributed by atoms with Gasteiger partial charge in [-0.25, -0.2) is 4.98 Å². The van der Waals surface area contributed by atoms with Crippen molar-refractivity contribution >= 4 is 30.7 Å². The molecule has 0 atom stereocenters. The molecule has 1 aromatic rings. The molecule has 128 valence electrons. The number of hydrogen-bond donors (Lipinski definition) is 2. The van der Waals surface area contributed by atoms with Crippen LogP contribution in [-0.2, 0) is 11.3 Å². The first kappa shape index (κ1) is 21.2. The molecule has 0 spiro atoms.